The van der Waals surface area contributed by atoms with Crippen LogP contribution in [0.15, 0.2) is 24.3 Å². The number of hydrogen-bond donors (Lipinski definition) is 1. The van der Waals surface area contributed by atoms with Gasteiger partial charge in [-0.15, -0.1) is 0 Å². The maximum Gasteiger partial charge on any atom is 0.317 e. The maximum absolute atomic E-state index is 12.2. The van der Waals surface area contributed by atoms with Crippen molar-refractivity contribution >= 4 is 23.5 Å². The van der Waals surface area contributed by atoms with Crippen LogP contribution >= 0.6 is 11.6 Å². The average molecular weight is 311 g/mol. The molecule has 1 aliphatic carbocycles. The zero-order chi connectivity index (χ0) is 15.4. The van der Waals surface area contributed by atoms with E-state index in [0.29, 0.717) is 11.6 Å². The minimum absolute atomic E-state index is 0.0804. The number of amides is 1. The zero-order valence-corrected chi connectivity index (χ0v) is 12.7. The summed E-state index contributed by atoms with van der Waals surface area (Å²) in [6, 6.07) is 7.60. The Morgan fingerprint density at radius 1 is 1.33 bits per heavy atom. The first kappa shape index (κ1) is 15.8. The molecule has 0 spiro atoms. The van der Waals surface area contributed by atoms with E-state index in [1.807, 2.05) is 18.2 Å². The molecule has 0 bridgehead atoms. The molecule has 5 nitrogen and oxygen atoms in total. The number of nitrogens with zero attached hydrogens (tertiary/aromatic N) is 2. The first-order valence-electron chi connectivity index (χ1n) is 6.90. The molecule has 0 aliphatic heterocycles. The van der Waals surface area contributed by atoms with Crippen LogP contribution in [0.25, 0.3) is 0 Å². The molecule has 0 unspecified atom stereocenters. The highest BCUT2D eigenvalue weighted by atomic mass is 35.5. The van der Waals surface area contributed by atoms with Crippen molar-refractivity contribution in [2.45, 2.75) is 25.4 Å². The van der Waals surface area contributed by atoms with Crippen molar-refractivity contribution in [3.63, 3.8) is 0 Å². The highest BCUT2D eigenvalue weighted by Gasteiger charge is 2.32. The summed E-state index contributed by atoms with van der Waals surface area (Å²) in [4.78, 5) is 26.4. The van der Waals surface area contributed by atoms with Crippen LogP contribution < -0.4 is 0 Å². The smallest absolute Gasteiger partial charge is 0.317 e. The Morgan fingerprint density at radius 3 is 2.62 bits per heavy atom. The Morgan fingerprint density at radius 2 is 2.05 bits per heavy atom. The van der Waals surface area contributed by atoms with Gasteiger partial charge in [0.05, 0.1) is 13.1 Å². The largest absolute Gasteiger partial charge is 0.480 e. The molecule has 1 saturated carbocycles. The second-order valence-electron chi connectivity index (χ2n) is 5.41. The number of benzene rings is 1. The van der Waals surface area contributed by atoms with E-state index in [4.69, 9.17) is 16.7 Å². The summed E-state index contributed by atoms with van der Waals surface area (Å²) in [6.45, 7) is 0.528. The highest BCUT2D eigenvalue weighted by molar-refractivity contribution is 6.30. The predicted octanol–water partition coefficient (Wildman–Crippen LogP) is 1.85. The van der Waals surface area contributed by atoms with E-state index < -0.39 is 5.97 Å². The first-order valence-corrected chi connectivity index (χ1v) is 7.28. The molecule has 0 atom stereocenters. The van der Waals surface area contributed by atoms with Gasteiger partial charge < -0.3 is 10.0 Å². The lowest BCUT2D eigenvalue weighted by Crippen LogP contribution is -2.41. The molecule has 1 fully saturated rings. The molecule has 114 valence electrons. The minimum Gasteiger partial charge on any atom is -0.480 e. The Bertz CT molecular complexity index is 531. The van der Waals surface area contributed by atoms with Gasteiger partial charge in [-0.25, -0.2) is 0 Å². The number of carboxylic acid groups (broad SMARTS) is 1. The lowest BCUT2D eigenvalue weighted by Gasteiger charge is -2.23. The molecule has 6 heteroatoms. The van der Waals surface area contributed by atoms with E-state index in [-0.39, 0.29) is 25.0 Å². The Balaban J connectivity index is 1.90. The molecule has 0 saturated heterocycles. The van der Waals surface area contributed by atoms with Crippen molar-refractivity contribution in [3.8, 4) is 0 Å². The number of carbonyl (C=O) groups excluding carboxylic acids is 1. The normalized spacial score (nSPS) is 14.2. The number of hydrogen-bond acceptors (Lipinski definition) is 3. The van der Waals surface area contributed by atoms with E-state index in [1.54, 1.807) is 22.9 Å². The molecule has 0 heterocycles. The molecule has 0 radical (unpaired) electrons. The van der Waals surface area contributed by atoms with E-state index in [0.717, 1.165) is 18.4 Å². The number of aliphatic carboxylic acids is 1. The van der Waals surface area contributed by atoms with Crippen LogP contribution in [-0.2, 0) is 16.1 Å². The van der Waals surface area contributed by atoms with E-state index in [1.165, 1.54) is 0 Å². The molecule has 1 aromatic rings. The van der Waals surface area contributed by atoms with Crippen molar-refractivity contribution in [2.75, 3.05) is 20.1 Å². The van der Waals surface area contributed by atoms with Crippen molar-refractivity contribution < 1.29 is 14.7 Å². The van der Waals surface area contributed by atoms with Gasteiger partial charge in [0.1, 0.15) is 0 Å². The Labute approximate surface area is 129 Å². The van der Waals surface area contributed by atoms with Crippen LogP contribution in [0.3, 0.4) is 0 Å². The standard InChI is InChI=1S/C15H19ClN2O3/c1-17(8-11-3-2-4-12(16)7-11)14(19)9-18(10-15(20)21)13-5-6-13/h2-4,7,13H,5-6,8-10H2,1H3,(H,20,21). The molecule has 1 amide bonds. The van der Waals surface area contributed by atoms with Crippen molar-refractivity contribution in [3.05, 3.63) is 34.9 Å². The molecule has 1 aromatic carbocycles. The summed E-state index contributed by atoms with van der Waals surface area (Å²) in [5.41, 5.74) is 0.953. The molecule has 1 N–H and O–H groups in total. The number of halogens is 1. The van der Waals surface area contributed by atoms with Gasteiger partial charge in [0.2, 0.25) is 5.91 Å². The third-order valence-corrected chi connectivity index (χ3v) is 3.71. The fraction of sp³-hybridized carbons (Fsp3) is 0.467. The quantitative estimate of drug-likeness (QED) is 0.835. The Kier molecular flexibility index (Phi) is 5.20. The zero-order valence-electron chi connectivity index (χ0n) is 12.0. The van der Waals surface area contributed by atoms with Gasteiger partial charge in [0, 0.05) is 24.7 Å². The summed E-state index contributed by atoms with van der Waals surface area (Å²) in [6.07, 6.45) is 1.94. The van der Waals surface area contributed by atoms with Crippen LogP contribution in [-0.4, -0.2) is 53.0 Å². The second-order valence-corrected chi connectivity index (χ2v) is 5.85. The van der Waals surface area contributed by atoms with Crippen molar-refractivity contribution in [1.29, 1.82) is 0 Å². The molecule has 0 aromatic heterocycles. The minimum atomic E-state index is -0.896. The van der Waals surface area contributed by atoms with Gasteiger partial charge in [-0.1, -0.05) is 23.7 Å². The van der Waals surface area contributed by atoms with Gasteiger partial charge in [-0.2, -0.15) is 0 Å². The molecule has 1 aliphatic rings. The van der Waals surface area contributed by atoms with E-state index in [2.05, 4.69) is 0 Å². The summed E-state index contributed by atoms with van der Waals surface area (Å²) in [5, 5.41) is 9.53. The molecular weight excluding hydrogens is 292 g/mol. The van der Waals surface area contributed by atoms with Crippen LogP contribution in [0.2, 0.25) is 5.02 Å². The van der Waals surface area contributed by atoms with Gasteiger partial charge in [-0.05, 0) is 30.5 Å². The topological polar surface area (TPSA) is 60.9 Å². The fourth-order valence-electron chi connectivity index (χ4n) is 2.22. The SMILES string of the molecule is CN(Cc1cccc(Cl)c1)C(=O)CN(CC(=O)O)C1CC1. The van der Waals surface area contributed by atoms with Crippen LogP contribution in [0.4, 0.5) is 0 Å². The van der Waals surface area contributed by atoms with Gasteiger partial charge in [0.25, 0.3) is 0 Å². The third-order valence-electron chi connectivity index (χ3n) is 3.47. The highest BCUT2D eigenvalue weighted by Crippen LogP contribution is 2.26. The summed E-state index contributed by atoms with van der Waals surface area (Å²) >= 11 is 5.92. The Hall–Kier alpha value is -1.59. The summed E-state index contributed by atoms with van der Waals surface area (Å²) < 4.78 is 0. The monoisotopic (exact) mass is 310 g/mol. The van der Waals surface area contributed by atoms with Gasteiger partial charge in [0.15, 0.2) is 0 Å². The van der Waals surface area contributed by atoms with E-state index in [9.17, 15) is 9.59 Å². The van der Waals surface area contributed by atoms with Crippen LogP contribution in [0.1, 0.15) is 18.4 Å². The fourth-order valence-corrected chi connectivity index (χ4v) is 2.43. The number of carbonyl (C=O) groups is 2. The lowest BCUT2D eigenvalue weighted by atomic mass is 10.2. The van der Waals surface area contributed by atoms with Gasteiger partial charge >= 0.3 is 5.97 Å². The average Bonchev–Trinajstić information content (AvgIpc) is 3.21. The van der Waals surface area contributed by atoms with Gasteiger partial charge in [-0.3, -0.25) is 14.5 Å². The maximum atomic E-state index is 12.2. The van der Waals surface area contributed by atoms with Crippen molar-refractivity contribution in [2.24, 2.45) is 0 Å². The summed E-state index contributed by atoms with van der Waals surface area (Å²) in [5.74, 6) is -0.977. The van der Waals surface area contributed by atoms with E-state index >= 15 is 0 Å². The molecule has 21 heavy (non-hydrogen) atoms. The summed E-state index contributed by atoms with van der Waals surface area (Å²) in [7, 11) is 1.72. The molecular formula is C15H19ClN2O3. The number of rotatable bonds is 7. The van der Waals surface area contributed by atoms with Crippen LogP contribution in [0.5, 0.6) is 0 Å². The second kappa shape index (κ2) is 6.91. The third kappa shape index (κ3) is 5.02. The molecule has 2 rings (SSSR count). The van der Waals surface area contributed by atoms with Crippen LogP contribution in [0, 0.1) is 0 Å². The first-order chi connectivity index (χ1) is 9.95. The van der Waals surface area contributed by atoms with Crippen molar-refractivity contribution in [1.82, 2.24) is 9.80 Å². The lowest BCUT2D eigenvalue weighted by molar-refractivity contribution is -0.139. The predicted molar refractivity (Wildman–Crippen MR) is 80.2 cm³/mol. The number of carboxylic acids is 1. The number of likely N-dealkylation sites (N-methyl/N-ethyl adjacent to an activating group) is 1.